The summed E-state index contributed by atoms with van der Waals surface area (Å²) >= 11 is 0. The zero-order valence-electron chi connectivity index (χ0n) is 10.6. The fraction of sp³-hybridized carbons (Fsp3) is 1.00. The Hall–Kier alpha value is 0.354. The lowest BCUT2D eigenvalue weighted by atomic mass is 10.4. The smallest absolute Gasteiger partial charge is 0.119 e. The molecule has 1 rings (SSSR count). The molecule has 84 valence electrons. The number of nitrogens with zero attached hydrogens (tertiary/aromatic N) is 1. The Bertz CT molecular complexity index is 171. The molecule has 0 aromatic heterocycles. The van der Waals surface area contributed by atoms with Gasteiger partial charge in [-0.15, -0.1) is 0 Å². The van der Waals surface area contributed by atoms with Crippen LogP contribution in [-0.2, 0) is 0 Å². The largest absolute Gasteiger partial charge is 0.321 e. The Morgan fingerprint density at radius 3 is 2.00 bits per heavy atom. The third kappa shape index (κ3) is 2.92. The molecule has 1 aliphatic rings. The van der Waals surface area contributed by atoms with Gasteiger partial charge in [-0.25, -0.2) is 0 Å². The van der Waals surface area contributed by atoms with Crippen LogP contribution in [0.5, 0.6) is 0 Å². The van der Waals surface area contributed by atoms with Gasteiger partial charge in [0.15, 0.2) is 0 Å². The number of hydrogen-bond acceptors (Lipinski definition) is 2. The van der Waals surface area contributed by atoms with Crippen LogP contribution >= 0.6 is 0 Å². The first-order valence-electron chi connectivity index (χ1n) is 5.70. The predicted octanol–water partition coefficient (Wildman–Crippen LogP) is 1.97. The first-order valence-corrected chi connectivity index (χ1v) is 12.7. The minimum Gasteiger partial charge on any atom is -0.321 e. The van der Waals surface area contributed by atoms with Crippen LogP contribution in [0.25, 0.3) is 0 Å². The highest BCUT2D eigenvalue weighted by atomic mass is 28.3. The lowest BCUT2D eigenvalue weighted by Crippen LogP contribution is -2.67. The van der Waals surface area contributed by atoms with Crippen LogP contribution in [0.4, 0.5) is 0 Å². The van der Waals surface area contributed by atoms with E-state index in [0.717, 1.165) is 5.67 Å². The van der Waals surface area contributed by atoms with E-state index in [-0.39, 0.29) is 0 Å². The second kappa shape index (κ2) is 4.08. The molecule has 1 aliphatic heterocycles. The highest BCUT2D eigenvalue weighted by Gasteiger charge is 2.39. The zero-order chi connectivity index (χ0) is 11.0. The maximum absolute atomic E-state index is 3.56. The van der Waals surface area contributed by atoms with Crippen molar-refractivity contribution in [3.8, 4) is 0 Å². The fourth-order valence-electron chi connectivity index (χ4n) is 2.28. The summed E-state index contributed by atoms with van der Waals surface area (Å²) < 4.78 is 2.84. The number of rotatable bonds is 2. The summed E-state index contributed by atoms with van der Waals surface area (Å²) in [5.74, 6) is 0. The van der Waals surface area contributed by atoms with Crippen molar-refractivity contribution in [1.29, 1.82) is 0 Å². The van der Waals surface area contributed by atoms with E-state index in [9.17, 15) is 0 Å². The summed E-state index contributed by atoms with van der Waals surface area (Å²) in [5, 5.41) is 3.56. The van der Waals surface area contributed by atoms with Gasteiger partial charge < -0.3 is 9.88 Å². The van der Waals surface area contributed by atoms with E-state index in [2.05, 4.69) is 49.2 Å². The van der Waals surface area contributed by atoms with E-state index >= 15 is 0 Å². The van der Waals surface area contributed by atoms with Gasteiger partial charge in [-0.3, -0.25) is 0 Å². The first-order chi connectivity index (χ1) is 6.23. The summed E-state index contributed by atoms with van der Waals surface area (Å²) in [6.07, 6.45) is 0. The normalized spacial score (nSPS) is 26.6. The maximum atomic E-state index is 3.56. The van der Waals surface area contributed by atoms with Gasteiger partial charge in [0.05, 0.1) is 8.07 Å². The predicted molar refractivity (Wildman–Crippen MR) is 70.1 cm³/mol. The molecule has 1 unspecified atom stereocenters. The second-order valence-electron chi connectivity index (χ2n) is 6.45. The summed E-state index contributed by atoms with van der Waals surface area (Å²) in [7, 11) is -2.13. The maximum Gasteiger partial charge on any atom is 0.119 e. The molecule has 0 radical (unpaired) electrons. The van der Waals surface area contributed by atoms with Crippen molar-refractivity contribution >= 4 is 16.3 Å². The van der Waals surface area contributed by atoms with Gasteiger partial charge >= 0.3 is 0 Å². The van der Waals surface area contributed by atoms with Gasteiger partial charge in [-0.1, -0.05) is 39.3 Å². The standard InChI is InChI=1S/C10H26N2Si2/c1-13(2,3)10-9-11-7-8-12(10)14(4,5)6/h10-11H,7-9H2,1-6H3. The molecule has 1 N–H and O–H groups in total. The highest BCUT2D eigenvalue weighted by molar-refractivity contribution is 6.81. The van der Waals surface area contributed by atoms with Crippen LogP contribution in [0.1, 0.15) is 0 Å². The Morgan fingerprint density at radius 1 is 1.07 bits per heavy atom. The molecule has 14 heavy (non-hydrogen) atoms. The van der Waals surface area contributed by atoms with Crippen molar-refractivity contribution in [2.45, 2.75) is 44.9 Å². The Morgan fingerprint density at radius 2 is 1.64 bits per heavy atom. The Labute approximate surface area is 91.2 Å². The first kappa shape index (κ1) is 12.4. The van der Waals surface area contributed by atoms with E-state index in [4.69, 9.17) is 0 Å². The molecule has 2 nitrogen and oxygen atoms in total. The average molecular weight is 231 g/mol. The minimum atomic E-state index is -1.10. The summed E-state index contributed by atoms with van der Waals surface area (Å²) in [5.41, 5.74) is 0.850. The molecule has 0 aromatic carbocycles. The Balaban J connectivity index is 2.80. The molecule has 0 amide bonds. The van der Waals surface area contributed by atoms with E-state index in [1.54, 1.807) is 0 Å². The van der Waals surface area contributed by atoms with Gasteiger partial charge in [0.25, 0.3) is 0 Å². The van der Waals surface area contributed by atoms with E-state index in [1.807, 2.05) is 0 Å². The van der Waals surface area contributed by atoms with Gasteiger partial charge in [-0.2, -0.15) is 0 Å². The van der Waals surface area contributed by atoms with Crippen LogP contribution in [0.15, 0.2) is 0 Å². The van der Waals surface area contributed by atoms with Crippen LogP contribution in [0.2, 0.25) is 39.3 Å². The number of hydrogen-bond donors (Lipinski definition) is 1. The van der Waals surface area contributed by atoms with Gasteiger partial charge in [-0.05, 0) is 0 Å². The zero-order valence-corrected chi connectivity index (χ0v) is 12.6. The van der Waals surface area contributed by atoms with E-state index < -0.39 is 16.3 Å². The van der Waals surface area contributed by atoms with E-state index in [1.165, 1.54) is 19.6 Å². The topological polar surface area (TPSA) is 15.3 Å². The second-order valence-corrected chi connectivity index (χ2v) is 16.8. The molecule has 0 bridgehead atoms. The molecule has 1 atom stereocenters. The van der Waals surface area contributed by atoms with Crippen LogP contribution in [0, 0.1) is 0 Å². The monoisotopic (exact) mass is 230 g/mol. The quantitative estimate of drug-likeness (QED) is 0.730. The fourth-order valence-corrected chi connectivity index (χ4v) is 8.23. The number of piperazine rings is 1. The van der Waals surface area contributed by atoms with Crippen molar-refractivity contribution < 1.29 is 0 Å². The van der Waals surface area contributed by atoms with Crippen molar-refractivity contribution in [2.24, 2.45) is 0 Å². The molecule has 1 fully saturated rings. The molecule has 0 aliphatic carbocycles. The molecule has 1 heterocycles. The molecule has 0 aromatic rings. The van der Waals surface area contributed by atoms with Crippen molar-refractivity contribution in [3.05, 3.63) is 0 Å². The van der Waals surface area contributed by atoms with Crippen LogP contribution < -0.4 is 5.32 Å². The summed E-state index contributed by atoms with van der Waals surface area (Å²) in [6.45, 7) is 18.6. The van der Waals surface area contributed by atoms with Crippen molar-refractivity contribution in [3.63, 3.8) is 0 Å². The van der Waals surface area contributed by atoms with Crippen molar-refractivity contribution in [1.82, 2.24) is 9.88 Å². The third-order valence-electron chi connectivity index (χ3n) is 3.10. The SMILES string of the molecule is C[Si](C)(C)C1CNCCN1[Si](C)(C)C. The van der Waals surface area contributed by atoms with Crippen molar-refractivity contribution in [2.75, 3.05) is 19.6 Å². The van der Waals surface area contributed by atoms with Crippen LogP contribution in [0.3, 0.4) is 0 Å². The molecule has 1 saturated heterocycles. The molecule has 4 heteroatoms. The lowest BCUT2D eigenvalue weighted by molar-refractivity contribution is 0.318. The van der Waals surface area contributed by atoms with Gasteiger partial charge in [0.2, 0.25) is 0 Å². The lowest BCUT2D eigenvalue weighted by Gasteiger charge is -2.49. The summed E-state index contributed by atoms with van der Waals surface area (Å²) in [6, 6.07) is 0. The minimum absolute atomic E-state index is 0.850. The highest BCUT2D eigenvalue weighted by Crippen LogP contribution is 2.22. The summed E-state index contributed by atoms with van der Waals surface area (Å²) in [4.78, 5) is 0. The molecular weight excluding hydrogens is 204 g/mol. The van der Waals surface area contributed by atoms with E-state index in [0.29, 0.717) is 0 Å². The average Bonchev–Trinajstić information content (AvgIpc) is 2.01. The molecular formula is C10H26N2Si2. The molecule has 0 saturated carbocycles. The van der Waals surface area contributed by atoms with Gasteiger partial charge in [0, 0.05) is 25.3 Å². The number of nitrogens with one attached hydrogen (secondary N) is 1. The molecule has 0 spiro atoms. The Kier molecular flexibility index (Phi) is 3.62. The third-order valence-corrected chi connectivity index (χ3v) is 8.14. The van der Waals surface area contributed by atoms with Gasteiger partial charge in [0.1, 0.15) is 8.24 Å². The van der Waals surface area contributed by atoms with Crippen LogP contribution in [-0.4, -0.2) is 46.2 Å².